The zero-order chi connectivity index (χ0) is 18.1. The number of benzene rings is 2. The predicted molar refractivity (Wildman–Crippen MR) is 95.9 cm³/mol. The monoisotopic (exact) mass is 341 g/mol. The number of carbonyl (C=O) groups excluding carboxylic acids is 1. The highest BCUT2D eigenvalue weighted by molar-refractivity contribution is 5.94. The average Bonchev–Trinajstić information content (AvgIpc) is 2.64. The van der Waals surface area contributed by atoms with Crippen molar-refractivity contribution in [2.24, 2.45) is 0 Å². The van der Waals surface area contributed by atoms with E-state index in [1.165, 1.54) is 5.56 Å². The van der Waals surface area contributed by atoms with Crippen molar-refractivity contribution in [2.75, 3.05) is 20.2 Å². The molecule has 132 valence electrons. The Labute approximate surface area is 147 Å². The second-order valence-corrected chi connectivity index (χ2v) is 5.88. The number of unbranched alkanes of at least 4 members (excludes halogenated alkanes) is 1. The number of rotatable bonds is 9. The van der Waals surface area contributed by atoms with Crippen LogP contribution in [0.1, 0.15) is 28.8 Å². The summed E-state index contributed by atoms with van der Waals surface area (Å²) < 4.78 is 5.12. The Morgan fingerprint density at radius 1 is 1.04 bits per heavy atom. The van der Waals surface area contributed by atoms with E-state index in [2.05, 4.69) is 12.1 Å². The summed E-state index contributed by atoms with van der Waals surface area (Å²) in [6.45, 7) is 0.249. The molecule has 1 N–H and O–H groups in total. The molecule has 25 heavy (non-hydrogen) atoms. The van der Waals surface area contributed by atoms with Crippen LogP contribution in [0.15, 0.2) is 54.6 Å². The van der Waals surface area contributed by atoms with Crippen LogP contribution in [0.3, 0.4) is 0 Å². The molecule has 0 aliphatic carbocycles. The van der Waals surface area contributed by atoms with Crippen LogP contribution in [0.5, 0.6) is 5.75 Å². The minimum Gasteiger partial charge on any atom is -0.482 e. The molecule has 0 aromatic heterocycles. The fourth-order valence-electron chi connectivity index (χ4n) is 2.51. The lowest BCUT2D eigenvalue weighted by atomic mass is 10.1. The zero-order valence-corrected chi connectivity index (χ0v) is 14.4. The van der Waals surface area contributed by atoms with E-state index in [1.807, 2.05) is 18.2 Å². The molecule has 0 aliphatic heterocycles. The first kappa shape index (κ1) is 18.5. The van der Waals surface area contributed by atoms with Crippen molar-refractivity contribution in [3.8, 4) is 5.75 Å². The van der Waals surface area contributed by atoms with Crippen LogP contribution in [-0.2, 0) is 11.2 Å². The molecule has 0 aliphatic rings. The molecule has 0 radical (unpaired) electrons. The SMILES string of the molecule is CN(CCCCc1ccccc1)C(=O)c1cccc(OCC(=O)O)c1. The van der Waals surface area contributed by atoms with Crippen LogP contribution < -0.4 is 4.74 Å². The quantitative estimate of drug-likeness (QED) is 0.711. The van der Waals surface area contributed by atoms with E-state index in [9.17, 15) is 9.59 Å². The number of aliphatic carboxylic acids is 1. The molecular formula is C20H23NO4. The van der Waals surface area contributed by atoms with E-state index in [0.29, 0.717) is 17.9 Å². The van der Waals surface area contributed by atoms with Gasteiger partial charge in [-0.15, -0.1) is 0 Å². The third-order valence-corrected chi connectivity index (χ3v) is 3.84. The first-order valence-corrected chi connectivity index (χ1v) is 8.30. The van der Waals surface area contributed by atoms with Gasteiger partial charge in [-0.3, -0.25) is 4.79 Å². The summed E-state index contributed by atoms with van der Waals surface area (Å²) >= 11 is 0. The molecule has 2 aromatic carbocycles. The Kier molecular flexibility index (Phi) is 7.01. The first-order chi connectivity index (χ1) is 12.1. The summed E-state index contributed by atoms with van der Waals surface area (Å²) in [6.07, 6.45) is 2.94. The summed E-state index contributed by atoms with van der Waals surface area (Å²) in [6, 6.07) is 16.9. The molecule has 0 saturated carbocycles. The maximum Gasteiger partial charge on any atom is 0.341 e. The maximum atomic E-state index is 12.5. The van der Waals surface area contributed by atoms with Gasteiger partial charge in [-0.2, -0.15) is 0 Å². The Morgan fingerprint density at radius 3 is 2.52 bits per heavy atom. The second kappa shape index (κ2) is 9.47. The summed E-state index contributed by atoms with van der Waals surface area (Å²) in [4.78, 5) is 24.7. The number of carbonyl (C=O) groups is 2. The fourth-order valence-corrected chi connectivity index (χ4v) is 2.51. The van der Waals surface area contributed by atoms with Gasteiger partial charge in [0.2, 0.25) is 0 Å². The first-order valence-electron chi connectivity index (χ1n) is 8.30. The lowest BCUT2D eigenvalue weighted by molar-refractivity contribution is -0.139. The van der Waals surface area contributed by atoms with Crippen molar-refractivity contribution < 1.29 is 19.4 Å². The van der Waals surface area contributed by atoms with Gasteiger partial charge in [0, 0.05) is 19.2 Å². The molecule has 0 fully saturated rings. The molecule has 0 atom stereocenters. The summed E-state index contributed by atoms with van der Waals surface area (Å²) in [5.41, 5.74) is 1.80. The van der Waals surface area contributed by atoms with Gasteiger partial charge < -0.3 is 14.7 Å². The second-order valence-electron chi connectivity index (χ2n) is 5.88. The van der Waals surface area contributed by atoms with Gasteiger partial charge >= 0.3 is 5.97 Å². The van der Waals surface area contributed by atoms with Crippen LogP contribution in [0, 0.1) is 0 Å². The van der Waals surface area contributed by atoms with Gasteiger partial charge in [-0.05, 0) is 43.0 Å². The van der Waals surface area contributed by atoms with Gasteiger partial charge in [-0.25, -0.2) is 4.79 Å². The highest BCUT2D eigenvalue weighted by Gasteiger charge is 2.12. The lowest BCUT2D eigenvalue weighted by Gasteiger charge is -2.17. The zero-order valence-electron chi connectivity index (χ0n) is 14.4. The summed E-state index contributed by atoms with van der Waals surface area (Å²) in [5.74, 6) is -0.765. The summed E-state index contributed by atoms with van der Waals surface area (Å²) in [7, 11) is 1.77. The number of hydrogen-bond acceptors (Lipinski definition) is 3. The fraction of sp³-hybridized carbons (Fsp3) is 0.300. The van der Waals surface area contributed by atoms with E-state index < -0.39 is 12.6 Å². The molecular weight excluding hydrogens is 318 g/mol. The number of hydrogen-bond donors (Lipinski definition) is 1. The third kappa shape index (κ3) is 6.30. The topological polar surface area (TPSA) is 66.8 Å². The molecule has 1 amide bonds. The smallest absolute Gasteiger partial charge is 0.341 e. The maximum absolute atomic E-state index is 12.5. The molecule has 0 saturated heterocycles. The number of carboxylic acids is 1. The van der Waals surface area contributed by atoms with Gasteiger partial charge in [0.05, 0.1) is 0 Å². The number of nitrogens with zero attached hydrogens (tertiary/aromatic N) is 1. The van der Waals surface area contributed by atoms with E-state index in [1.54, 1.807) is 36.2 Å². The molecule has 0 heterocycles. The van der Waals surface area contributed by atoms with E-state index >= 15 is 0 Å². The molecule has 5 nitrogen and oxygen atoms in total. The normalized spacial score (nSPS) is 10.3. The number of amides is 1. The van der Waals surface area contributed by atoms with Crippen LogP contribution >= 0.6 is 0 Å². The van der Waals surface area contributed by atoms with Crippen molar-refractivity contribution in [3.63, 3.8) is 0 Å². The van der Waals surface area contributed by atoms with Gasteiger partial charge in [0.15, 0.2) is 6.61 Å². The Bertz CT molecular complexity index is 700. The van der Waals surface area contributed by atoms with E-state index in [4.69, 9.17) is 9.84 Å². The highest BCUT2D eigenvalue weighted by Crippen LogP contribution is 2.15. The highest BCUT2D eigenvalue weighted by atomic mass is 16.5. The molecule has 5 heteroatoms. The van der Waals surface area contributed by atoms with Crippen LogP contribution in [0.25, 0.3) is 0 Å². The molecule has 0 bridgehead atoms. The van der Waals surface area contributed by atoms with E-state index in [-0.39, 0.29) is 5.91 Å². The van der Waals surface area contributed by atoms with Crippen LogP contribution in [0.2, 0.25) is 0 Å². The summed E-state index contributed by atoms with van der Waals surface area (Å²) in [5, 5.41) is 8.64. The Hall–Kier alpha value is -2.82. The van der Waals surface area contributed by atoms with Crippen molar-refractivity contribution in [2.45, 2.75) is 19.3 Å². The van der Waals surface area contributed by atoms with E-state index in [0.717, 1.165) is 19.3 Å². The largest absolute Gasteiger partial charge is 0.482 e. The van der Waals surface area contributed by atoms with Crippen LogP contribution in [0.4, 0.5) is 0 Å². The predicted octanol–water partition coefficient (Wildman–Crippen LogP) is 3.24. The van der Waals surface area contributed by atoms with Gasteiger partial charge in [0.25, 0.3) is 5.91 Å². The van der Waals surface area contributed by atoms with Crippen molar-refractivity contribution in [1.29, 1.82) is 0 Å². The van der Waals surface area contributed by atoms with Crippen molar-refractivity contribution >= 4 is 11.9 Å². The van der Waals surface area contributed by atoms with Crippen LogP contribution in [-0.4, -0.2) is 42.1 Å². The number of ether oxygens (including phenoxy) is 1. The van der Waals surface area contributed by atoms with Crippen molar-refractivity contribution in [3.05, 3.63) is 65.7 Å². The van der Waals surface area contributed by atoms with Crippen molar-refractivity contribution in [1.82, 2.24) is 4.90 Å². The standard InChI is InChI=1S/C20H23NO4/c1-21(13-6-5-10-16-8-3-2-4-9-16)20(24)17-11-7-12-18(14-17)25-15-19(22)23/h2-4,7-9,11-12,14H,5-6,10,13,15H2,1H3,(H,22,23). The lowest BCUT2D eigenvalue weighted by Crippen LogP contribution is -2.27. The molecule has 0 unspecified atom stereocenters. The number of carboxylic acid groups (broad SMARTS) is 1. The Morgan fingerprint density at radius 2 is 1.80 bits per heavy atom. The number of aryl methyl sites for hydroxylation is 1. The minimum absolute atomic E-state index is 0.0968. The molecule has 2 aromatic rings. The van der Waals surface area contributed by atoms with Gasteiger partial charge in [-0.1, -0.05) is 36.4 Å². The third-order valence-electron chi connectivity index (χ3n) is 3.84. The van der Waals surface area contributed by atoms with Gasteiger partial charge in [0.1, 0.15) is 5.75 Å². The average molecular weight is 341 g/mol. The minimum atomic E-state index is -1.05. The molecule has 0 spiro atoms. The Balaban J connectivity index is 1.80. The molecule has 2 rings (SSSR count).